The number of benzene rings is 2. The van der Waals surface area contributed by atoms with Crippen LogP contribution in [0.4, 0.5) is 5.69 Å². The second-order valence-electron chi connectivity index (χ2n) is 7.57. The fourth-order valence-corrected chi connectivity index (χ4v) is 3.89. The van der Waals surface area contributed by atoms with Crippen molar-refractivity contribution in [2.24, 2.45) is 5.10 Å². The smallest absolute Gasteiger partial charge is 0.176 e. The fraction of sp³-hybridized carbons (Fsp3) is 0.417. The van der Waals surface area contributed by atoms with Gasteiger partial charge in [-0.3, -0.25) is 9.80 Å². The van der Waals surface area contributed by atoms with E-state index < -0.39 is 0 Å². The predicted molar refractivity (Wildman–Crippen MR) is 126 cm³/mol. The topological polar surface area (TPSA) is 45.1 Å². The number of hydrogen-bond acceptors (Lipinski definition) is 5. The summed E-state index contributed by atoms with van der Waals surface area (Å²) < 4.78 is 5.89. The number of ether oxygens (including phenoxy) is 1. The van der Waals surface area contributed by atoms with Crippen LogP contribution in [0.3, 0.4) is 0 Å². The first-order valence-corrected chi connectivity index (χ1v) is 10.3. The number of hydrogen-bond donors (Lipinski definition) is 0. The molecule has 0 fully saturated rings. The lowest BCUT2D eigenvalue weighted by atomic mass is 9.86. The zero-order valence-corrected chi connectivity index (χ0v) is 18.2. The Labute approximate surface area is 185 Å². The average Bonchev–Trinajstić information content (AvgIpc) is 3.09. The van der Waals surface area contributed by atoms with Crippen molar-refractivity contribution in [2.75, 3.05) is 32.3 Å². The quantitative estimate of drug-likeness (QED) is 0.666. The maximum atomic E-state index is 12.1. The lowest BCUT2D eigenvalue weighted by molar-refractivity contribution is -0.111. The Kier molecular flexibility index (Phi) is 8.44. The van der Waals surface area contributed by atoms with E-state index in [0.29, 0.717) is 17.3 Å². The number of ketones is 1. The summed E-state index contributed by atoms with van der Waals surface area (Å²) in [6.45, 7) is 5.43. The van der Waals surface area contributed by atoms with E-state index in [-0.39, 0.29) is 25.2 Å². The molecule has 4 rings (SSSR count). The van der Waals surface area contributed by atoms with Gasteiger partial charge >= 0.3 is 0 Å². The normalized spacial score (nSPS) is 18.9. The van der Waals surface area contributed by atoms with Gasteiger partial charge in [-0.05, 0) is 50.8 Å². The van der Waals surface area contributed by atoms with Gasteiger partial charge in [-0.15, -0.1) is 0 Å². The maximum absolute atomic E-state index is 12.1. The monoisotopic (exact) mass is 429 g/mol. The minimum absolute atomic E-state index is 0. The van der Waals surface area contributed by atoms with E-state index in [0.717, 1.165) is 17.0 Å². The van der Waals surface area contributed by atoms with Crippen LogP contribution in [0, 0.1) is 0 Å². The lowest BCUT2D eigenvalue weighted by Gasteiger charge is -2.33. The van der Waals surface area contributed by atoms with Gasteiger partial charge in [-0.1, -0.05) is 56.3 Å². The van der Waals surface area contributed by atoms with E-state index >= 15 is 0 Å². The van der Waals surface area contributed by atoms with Crippen molar-refractivity contribution in [3.8, 4) is 5.75 Å². The van der Waals surface area contributed by atoms with Crippen LogP contribution in [0.15, 0.2) is 53.6 Å². The average molecular weight is 430 g/mol. The molecule has 162 valence electrons. The van der Waals surface area contributed by atoms with Crippen molar-refractivity contribution >= 4 is 28.8 Å². The predicted octanol–water partition coefficient (Wildman–Crippen LogP) is 5.24. The Hall–Kier alpha value is -2.37. The SMILES string of the molecule is C.CC(=O)C1=NN2c3cc(Cl)ccc3OCC2C1c1ccccc1.CCCN(C)C. The van der Waals surface area contributed by atoms with Crippen molar-refractivity contribution in [1.82, 2.24) is 4.90 Å². The van der Waals surface area contributed by atoms with Crippen LogP contribution in [0.1, 0.15) is 39.2 Å². The van der Waals surface area contributed by atoms with E-state index in [2.05, 4.69) is 31.0 Å². The zero-order valence-electron chi connectivity index (χ0n) is 17.4. The Morgan fingerprint density at radius 2 is 1.93 bits per heavy atom. The fourth-order valence-electron chi connectivity index (χ4n) is 3.72. The molecule has 2 aliphatic heterocycles. The van der Waals surface area contributed by atoms with Gasteiger partial charge in [0.15, 0.2) is 5.78 Å². The lowest BCUT2D eigenvalue weighted by Crippen LogP contribution is -2.41. The van der Waals surface area contributed by atoms with Gasteiger partial charge in [0.25, 0.3) is 0 Å². The molecular formula is C24H32ClN3O2. The number of rotatable bonds is 4. The summed E-state index contributed by atoms with van der Waals surface area (Å²) in [7, 11) is 4.17. The summed E-state index contributed by atoms with van der Waals surface area (Å²) in [6, 6.07) is 15.4. The number of carbonyl (C=O) groups is 1. The van der Waals surface area contributed by atoms with Crippen LogP contribution in [0.2, 0.25) is 5.02 Å². The third kappa shape index (κ3) is 5.21. The number of hydrazone groups is 1. The van der Waals surface area contributed by atoms with Crippen molar-refractivity contribution in [3.63, 3.8) is 0 Å². The molecular weight excluding hydrogens is 398 g/mol. The Bertz CT molecular complexity index is 883. The molecule has 0 aliphatic carbocycles. The molecule has 0 saturated carbocycles. The number of Topliss-reactive ketones (excluding diaryl/α,β-unsaturated/α-hetero) is 1. The van der Waals surface area contributed by atoms with Gasteiger partial charge in [0, 0.05) is 11.9 Å². The number of fused-ring (bicyclic) bond motifs is 3. The summed E-state index contributed by atoms with van der Waals surface area (Å²) in [5.74, 6) is 0.628. The van der Waals surface area contributed by atoms with Crippen molar-refractivity contribution in [3.05, 3.63) is 59.1 Å². The van der Waals surface area contributed by atoms with E-state index in [4.69, 9.17) is 16.3 Å². The first-order chi connectivity index (χ1) is 13.9. The summed E-state index contributed by atoms with van der Waals surface area (Å²) in [6.07, 6.45) is 1.26. The van der Waals surface area contributed by atoms with Gasteiger partial charge < -0.3 is 9.64 Å². The van der Waals surface area contributed by atoms with Crippen molar-refractivity contribution < 1.29 is 9.53 Å². The second kappa shape index (κ2) is 10.6. The van der Waals surface area contributed by atoms with Crippen LogP contribution in [-0.4, -0.2) is 49.7 Å². The molecule has 2 heterocycles. The van der Waals surface area contributed by atoms with Gasteiger partial charge in [0.2, 0.25) is 0 Å². The molecule has 0 saturated heterocycles. The highest BCUT2D eigenvalue weighted by atomic mass is 35.5. The third-order valence-corrected chi connectivity index (χ3v) is 5.21. The highest BCUT2D eigenvalue weighted by Crippen LogP contribution is 2.43. The van der Waals surface area contributed by atoms with Crippen LogP contribution in [-0.2, 0) is 4.79 Å². The second-order valence-corrected chi connectivity index (χ2v) is 8.00. The van der Waals surface area contributed by atoms with Crippen LogP contribution in [0.5, 0.6) is 5.75 Å². The van der Waals surface area contributed by atoms with E-state index in [1.807, 2.05) is 47.5 Å². The highest BCUT2D eigenvalue weighted by molar-refractivity contribution is 6.42. The Morgan fingerprint density at radius 1 is 1.23 bits per heavy atom. The minimum atomic E-state index is -0.0965. The maximum Gasteiger partial charge on any atom is 0.176 e. The van der Waals surface area contributed by atoms with Crippen LogP contribution in [0.25, 0.3) is 0 Å². The molecule has 2 aromatic carbocycles. The van der Waals surface area contributed by atoms with E-state index in [1.165, 1.54) is 13.0 Å². The first-order valence-electron chi connectivity index (χ1n) is 9.93. The van der Waals surface area contributed by atoms with Crippen molar-refractivity contribution in [1.29, 1.82) is 0 Å². The molecule has 6 heteroatoms. The summed E-state index contributed by atoms with van der Waals surface area (Å²) in [4.78, 5) is 14.3. The molecule has 2 atom stereocenters. The molecule has 2 unspecified atom stereocenters. The number of carbonyl (C=O) groups excluding carboxylic acids is 1. The number of nitrogens with zero attached hydrogens (tertiary/aromatic N) is 3. The van der Waals surface area contributed by atoms with E-state index in [1.54, 1.807) is 13.0 Å². The van der Waals surface area contributed by atoms with Gasteiger partial charge in [0.1, 0.15) is 23.8 Å². The van der Waals surface area contributed by atoms with Crippen LogP contribution >= 0.6 is 11.6 Å². The minimum Gasteiger partial charge on any atom is -0.489 e. The molecule has 0 radical (unpaired) electrons. The molecule has 5 nitrogen and oxygen atoms in total. The highest BCUT2D eigenvalue weighted by Gasteiger charge is 2.44. The molecule has 0 aromatic heterocycles. The molecule has 0 spiro atoms. The zero-order chi connectivity index (χ0) is 21.0. The Morgan fingerprint density at radius 3 is 2.50 bits per heavy atom. The van der Waals surface area contributed by atoms with Gasteiger partial charge in [0.05, 0.1) is 12.0 Å². The molecule has 0 bridgehead atoms. The molecule has 30 heavy (non-hydrogen) atoms. The van der Waals surface area contributed by atoms with Crippen molar-refractivity contribution in [2.45, 2.75) is 39.7 Å². The number of anilines is 1. The van der Waals surface area contributed by atoms with E-state index in [9.17, 15) is 4.79 Å². The largest absolute Gasteiger partial charge is 0.489 e. The molecule has 0 amide bonds. The number of halogens is 1. The molecule has 2 aromatic rings. The summed E-state index contributed by atoms with van der Waals surface area (Å²) in [5, 5.41) is 7.12. The third-order valence-electron chi connectivity index (χ3n) is 4.98. The van der Waals surface area contributed by atoms with Gasteiger partial charge in [-0.25, -0.2) is 0 Å². The Balaban J connectivity index is 0.000000405. The molecule has 0 N–H and O–H groups in total. The van der Waals surface area contributed by atoms with Gasteiger partial charge in [-0.2, -0.15) is 5.10 Å². The standard InChI is InChI=1S/C18H15ClN2O2.C5H13N.CH4/c1-11(22)18-17(12-5-3-2-4-6-12)15-10-23-16-8-7-13(19)9-14(16)21(15)20-18;1-4-5-6(2)3;/h2-9,15,17H,10H2,1H3;4-5H2,1-3H3;1H4. The summed E-state index contributed by atoms with van der Waals surface area (Å²) >= 11 is 6.12. The summed E-state index contributed by atoms with van der Waals surface area (Å²) in [5.41, 5.74) is 2.45. The molecule has 2 aliphatic rings. The first kappa shape index (κ1) is 23.9. The van der Waals surface area contributed by atoms with Crippen LogP contribution < -0.4 is 9.75 Å².